The summed E-state index contributed by atoms with van der Waals surface area (Å²) in [5.74, 6) is 0.688. The number of benzene rings is 1. The molecule has 0 saturated heterocycles. The molecular weight excluding hydrogens is 320 g/mol. The molecule has 1 aromatic carbocycles. The van der Waals surface area contributed by atoms with Crippen LogP contribution in [0.1, 0.15) is 17.4 Å². The van der Waals surface area contributed by atoms with E-state index in [9.17, 15) is 4.79 Å². The van der Waals surface area contributed by atoms with Gasteiger partial charge in [0, 0.05) is 25.0 Å². The number of amides is 1. The highest BCUT2D eigenvalue weighted by atomic mass is 32.1. The van der Waals surface area contributed by atoms with E-state index >= 15 is 0 Å². The summed E-state index contributed by atoms with van der Waals surface area (Å²) in [7, 11) is 1.70. The number of likely N-dealkylation sites (N-methyl/N-ethyl adjacent to an activating group) is 1. The fourth-order valence-electron chi connectivity index (χ4n) is 2.26. The third-order valence-corrected chi connectivity index (χ3v) is 4.47. The topological polar surface area (TPSA) is 56.7 Å². The molecule has 5 nitrogen and oxygen atoms in total. The van der Waals surface area contributed by atoms with E-state index in [1.165, 1.54) is 4.88 Å². The van der Waals surface area contributed by atoms with Crippen LogP contribution in [0.15, 0.2) is 52.8 Å². The lowest BCUT2D eigenvalue weighted by Gasteiger charge is -2.22. The highest BCUT2D eigenvalue weighted by Crippen LogP contribution is 2.07. The molecule has 0 unspecified atom stereocenters. The van der Waals surface area contributed by atoms with Crippen molar-refractivity contribution in [2.75, 3.05) is 20.1 Å². The number of rotatable bonds is 7. The van der Waals surface area contributed by atoms with E-state index in [1.54, 1.807) is 18.4 Å². The number of nitrogens with one attached hydrogen (secondary N) is 2. The summed E-state index contributed by atoms with van der Waals surface area (Å²) in [4.78, 5) is 19.6. The fourth-order valence-corrected chi connectivity index (χ4v) is 2.90. The Balaban J connectivity index is 1.80. The van der Waals surface area contributed by atoms with Crippen molar-refractivity contribution >= 4 is 23.2 Å². The van der Waals surface area contributed by atoms with Crippen LogP contribution in [-0.4, -0.2) is 36.9 Å². The quantitative estimate of drug-likeness (QED) is 0.599. The second kappa shape index (κ2) is 9.72. The van der Waals surface area contributed by atoms with Crippen molar-refractivity contribution in [2.24, 2.45) is 4.99 Å². The molecule has 0 fully saturated rings. The number of nitrogens with zero attached hydrogens (tertiary/aromatic N) is 2. The first-order chi connectivity index (χ1) is 11.7. The van der Waals surface area contributed by atoms with Gasteiger partial charge in [0.1, 0.15) is 0 Å². The molecule has 0 aliphatic carbocycles. The van der Waals surface area contributed by atoms with E-state index in [0.29, 0.717) is 25.6 Å². The zero-order chi connectivity index (χ0) is 17.2. The molecule has 2 aromatic rings. The molecule has 2 N–H and O–H groups in total. The summed E-state index contributed by atoms with van der Waals surface area (Å²) in [6, 6.07) is 14.1. The standard InChI is InChI=1S/C18H24N4OS/c1-3-22(14-15-8-5-4-6-9-15)17(23)13-21-18(19-2)20-12-16-10-7-11-24-16/h4-11H,3,12-14H2,1-2H3,(H2,19,20,21). The molecule has 6 heteroatoms. The SMILES string of the molecule is CCN(Cc1ccccc1)C(=O)CNC(=NC)NCc1cccs1. The third kappa shape index (κ3) is 5.70. The Kier molecular flexibility index (Phi) is 7.29. The minimum absolute atomic E-state index is 0.0560. The van der Waals surface area contributed by atoms with E-state index in [1.807, 2.05) is 53.6 Å². The highest BCUT2D eigenvalue weighted by Gasteiger charge is 2.12. The van der Waals surface area contributed by atoms with Crippen LogP contribution in [-0.2, 0) is 17.9 Å². The van der Waals surface area contributed by atoms with Crippen molar-refractivity contribution in [2.45, 2.75) is 20.0 Å². The van der Waals surface area contributed by atoms with E-state index < -0.39 is 0 Å². The van der Waals surface area contributed by atoms with Gasteiger partial charge in [0.05, 0.1) is 13.1 Å². The molecule has 1 amide bonds. The Bertz CT molecular complexity index is 640. The van der Waals surface area contributed by atoms with Crippen LogP contribution < -0.4 is 10.6 Å². The second-order valence-corrected chi connectivity index (χ2v) is 6.28. The third-order valence-electron chi connectivity index (χ3n) is 3.59. The lowest BCUT2D eigenvalue weighted by molar-refractivity contribution is -0.130. The Hall–Kier alpha value is -2.34. The maximum Gasteiger partial charge on any atom is 0.242 e. The molecule has 24 heavy (non-hydrogen) atoms. The predicted octanol–water partition coefficient (Wildman–Crippen LogP) is 2.46. The Labute approximate surface area is 147 Å². The van der Waals surface area contributed by atoms with Crippen molar-refractivity contribution in [3.05, 3.63) is 58.3 Å². The van der Waals surface area contributed by atoms with E-state index in [4.69, 9.17) is 0 Å². The molecule has 0 aliphatic heterocycles. The van der Waals surface area contributed by atoms with Crippen LogP contribution in [0, 0.1) is 0 Å². The van der Waals surface area contributed by atoms with Gasteiger partial charge in [-0.25, -0.2) is 0 Å². The fraction of sp³-hybridized carbons (Fsp3) is 0.333. The van der Waals surface area contributed by atoms with Crippen LogP contribution in [0.25, 0.3) is 0 Å². The van der Waals surface area contributed by atoms with Gasteiger partial charge < -0.3 is 15.5 Å². The first-order valence-corrected chi connectivity index (χ1v) is 8.89. The van der Waals surface area contributed by atoms with Crippen LogP contribution in [0.2, 0.25) is 0 Å². The van der Waals surface area contributed by atoms with Crippen LogP contribution in [0.3, 0.4) is 0 Å². The molecule has 0 bridgehead atoms. The summed E-state index contributed by atoms with van der Waals surface area (Å²) in [6.45, 7) is 4.22. The van der Waals surface area contributed by atoms with Crippen molar-refractivity contribution in [1.82, 2.24) is 15.5 Å². The number of carbonyl (C=O) groups excluding carboxylic acids is 1. The average molecular weight is 344 g/mol. The first-order valence-electron chi connectivity index (χ1n) is 8.01. The molecule has 1 heterocycles. The molecule has 128 valence electrons. The molecule has 2 rings (SSSR count). The van der Waals surface area contributed by atoms with Crippen LogP contribution >= 0.6 is 11.3 Å². The van der Waals surface area contributed by atoms with Gasteiger partial charge in [0.25, 0.3) is 0 Å². The maximum atomic E-state index is 12.4. The summed E-state index contributed by atoms with van der Waals surface area (Å²) in [6.07, 6.45) is 0. The second-order valence-electron chi connectivity index (χ2n) is 5.25. The summed E-state index contributed by atoms with van der Waals surface area (Å²) in [5, 5.41) is 8.34. The van der Waals surface area contributed by atoms with Crippen molar-refractivity contribution < 1.29 is 4.79 Å². The largest absolute Gasteiger partial charge is 0.352 e. The lowest BCUT2D eigenvalue weighted by Crippen LogP contribution is -2.44. The molecule has 1 aromatic heterocycles. The average Bonchev–Trinajstić information content (AvgIpc) is 3.14. The summed E-state index contributed by atoms with van der Waals surface area (Å²) in [5.41, 5.74) is 1.13. The molecule has 0 atom stereocenters. The zero-order valence-corrected chi connectivity index (χ0v) is 15.0. The van der Waals surface area contributed by atoms with Gasteiger partial charge >= 0.3 is 0 Å². The monoisotopic (exact) mass is 344 g/mol. The Morgan fingerprint density at radius 3 is 2.58 bits per heavy atom. The van der Waals surface area contributed by atoms with Gasteiger partial charge in [0.15, 0.2) is 5.96 Å². The number of thiophene rings is 1. The number of hydrogen-bond donors (Lipinski definition) is 2. The summed E-state index contributed by atoms with van der Waals surface area (Å²) < 4.78 is 0. The van der Waals surface area contributed by atoms with E-state index in [-0.39, 0.29) is 12.5 Å². The number of carbonyl (C=O) groups is 1. The summed E-state index contributed by atoms with van der Waals surface area (Å²) >= 11 is 1.69. The molecule has 0 aliphatic rings. The number of hydrogen-bond acceptors (Lipinski definition) is 3. The van der Waals surface area contributed by atoms with Crippen molar-refractivity contribution in [1.29, 1.82) is 0 Å². The minimum atomic E-state index is 0.0560. The minimum Gasteiger partial charge on any atom is -0.352 e. The van der Waals surface area contributed by atoms with Gasteiger partial charge in [0.2, 0.25) is 5.91 Å². The normalized spacial score (nSPS) is 11.2. The highest BCUT2D eigenvalue weighted by molar-refractivity contribution is 7.09. The van der Waals surface area contributed by atoms with Crippen molar-refractivity contribution in [3.63, 3.8) is 0 Å². The van der Waals surface area contributed by atoms with Crippen LogP contribution in [0.5, 0.6) is 0 Å². The van der Waals surface area contributed by atoms with E-state index in [0.717, 1.165) is 5.56 Å². The number of aliphatic imine (C=N–C) groups is 1. The van der Waals surface area contributed by atoms with Gasteiger partial charge in [-0.3, -0.25) is 9.79 Å². The van der Waals surface area contributed by atoms with Gasteiger partial charge in [-0.2, -0.15) is 0 Å². The zero-order valence-electron chi connectivity index (χ0n) is 14.2. The molecule has 0 radical (unpaired) electrons. The Morgan fingerprint density at radius 1 is 1.17 bits per heavy atom. The number of guanidine groups is 1. The smallest absolute Gasteiger partial charge is 0.242 e. The van der Waals surface area contributed by atoms with Crippen LogP contribution in [0.4, 0.5) is 0 Å². The molecular formula is C18H24N4OS. The van der Waals surface area contributed by atoms with Gasteiger partial charge in [-0.05, 0) is 23.9 Å². The molecule has 0 spiro atoms. The molecule has 0 saturated carbocycles. The van der Waals surface area contributed by atoms with Gasteiger partial charge in [-0.1, -0.05) is 36.4 Å². The van der Waals surface area contributed by atoms with E-state index in [2.05, 4.69) is 21.7 Å². The van der Waals surface area contributed by atoms with Gasteiger partial charge in [-0.15, -0.1) is 11.3 Å². The van der Waals surface area contributed by atoms with Crippen molar-refractivity contribution in [3.8, 4) is 0 Å². The predicted molar refractivity (Wildman–Crippen MR) is 100 cm³/mol. The Morgan fingerprint density at radius 2 is 1.96 bits per heavy atom. The first kappa shape index (κ1) is 18.0. The lowest BCUT2D eigenvalue weighted by atomic mass is 10.2. The maximum absolute atomic E-state index is 12.4.